The third kappa shape index (κ3) is 4.84. The van der Waals surface area contributed by atoms with Gasteiger partial charge in [0.05, 0.1) is 6.20 Å². The van der Waals surface area contributed by atoms with Gasteiger partial charge in [0.25, 0.3) is 0 Å². The molecule has 1 aliphatic heterocycles. The molecule has 1 N–H and O–H groups in total. The van der Waals surface area contributed by atoms with Gasteiger partial charge in [-0.3, -0.25) is 14.8 Å². The van der Waals surface area contributed by atoms with E-state index in [1.807, 2.05) is 24.3 Å². The summed E-state index contributed by atoms with van der Waals surface area (Å²) in [6.45, 7) is 3.36. The van der Waals surface area contributed by atoms with Gasteiger partial charge in [0.1, 0.15) is 0 Å². The minimum atomic E-state index is 0.244. The third-order valence-electron chi connectivity index (χ3n) is 6.18. The van der Waals surface area contributed by atoms with Crippen molar-refractivity contribution in [3.63, 3.8) is 0 Å². The van der Waals surface area contributed by atoms with Crippen LogP contribution in [-0.2, 0) is 11.2 Å². The number of rotatable bonds is 7. The summed E-state index contributed by atoms with van der Waals surface area (Å²) < 4.78 is 0. The number of nitrogens with zero attached hydrogens (tertiary/aromatic N) is 3. The van der Waals surface area contributed by atoms with Crippen molar-refractivity contribution in [1.82, 2.24) is 20.0 Å². The molecule has 2 aliphatic rings. The Kier molecular flexibility index (Phi) is 6.51. The second-order valence-corrected chi connectivity index (χ2v) is 8.04. The van der Waals surface area contributed by atoms with E-state index in [9.17, 15) is 4.79 Å². The molecule has 25 heavy (non-hydrogen) atoms. The number of aryl methyl sites for hydroxylation is 1. The molecule has 1 amide bonds. The number of aromatic nitrogens is 2. The number of likely N-dealkylation sites (tertiary alicyclic amines) is 1. The van der Waals surface area contributed by atoms with Crippen molar-refractivity contribution in [3.05, 3.63) is 18.0 Å². The molecule has 0 bridgehead atoms. The summed E-state index contributed by atoms with van der Waals surface area (Å²) in [5.74, 6) is 0.297. The van der Waals surface area contributed by atoms with Gasteiger partial charge in [0.15, 0.2) is 0 Å². The summed E-state index contributed by atoms with van der Waals surface area (Å²) in [4.78, 5) is 17.4. The van der Waals surface area contributed by atoms with E-state index >= 15 is 0 Å². The highest BCUT2D eigenvalue weighted by Gasteiger charge is 2.39. The van der Waals surface area contributed by atoms with Crippen molar-refractivity contribution in [2.45, 2.75) is 76.2 Å². The number of aromatic amines is 1. The van der Waals surface area contributed by atoms with E-state index in [-0.39, 0.29) is 5.54 Å². The van der Waals surface area contributed by atoms with Crippen LogP contribution in [0.25, 0.3) is 0 Å². The molecule has 2 fully saturated rings. The molecule has 0 unspecified atom stereocenters. The van der Waals surface area contributed by atoms with E-state index in [0.717, 1.165) is 19.4 Å². The Hall–Kier alpha value is -1.36. The Bertz CT molecular complexity index is 516. The summed E-state index contributed by atoms with van der Waals surface area (Å²) in [7, 11) is 2.01. The standard InChI is InChI=1S/C20H34N4O/c1-23(19(25)10-8-9-18-15-21-22-16-18)17-20(11-4-2-5-12-20)24-13-6-3-7-14-24/h15-16H,2-14,17H2,1H3,(H,21,22). The van der Waals surface area contributed by atoms with Crippen LogP contribution in [-0.4, -0.2) is 58.1 Å². The van der Waals surface area contributed by atoms with Crippen LogP contribution in [0.1, 0.15) is 69.8 Å². The van der Waals surface area contributed by atoms with Crippen molar-refractivity contribution in [1.29, 1.82) is 0 Å². The predicted octanol–water partition coefficient (Wildman–Crippen LogP) is 3.38. The zero-order chi connectivity index (χ0) is 17.5. The van der Waals surface area contributed by atoms with E-state index in [0.29, 0.717) is 12.3 Å². The van der Waals surface area contributed by atoms with Crippen LogP contribution in [0.3, 0.4) is 0 Å². The second-order valence-electron chi connectivity index (χ2n) is 8.04. The molecule has 5 nitrogen and oxygen atoms in total. The maximum atomic E-state index is 12.7. The first-order valence-corrected chi connectivity index (χ1v) is 10.2. The quantitative estimate of drug-likeness (QED) is 0.823. The summed E-state index contributed by atoms with van der Waals surface area (Å²) in [5.41, 5.74) is 1.43. The predicted molar refractivity (Wildman–Crippen MR) is 100 cm³/mol. The van der Waals surface area contributed by atoms with Crippen LogP contribution >= 0.6 is 0 Å². The first-order valence-electron chi connectivity index (χ1n) is 10.2. The Morgan fingerprint density at radius 1 is 1.20 bits per heavy atom. The normalized spacial score (nSPS) is 21.2. The van der Waals surface area contributed by atoms with E-state index in [4.69, 9.17) is 0 Å². The van der Waals surface area contributed by atoms with Gasteiger partial charge in [-0.05, 0) is 57.2 Å². The maximum Gasteiger partial charge on any atom is 0.222 e. The van der Waals surface area contributed by atoms with Crippen molar-refractivity contribution in [2.75, 3.05) is 26.7 Å². The van der Waals surface area contributed by atoms with Crippen molar-refractivity contribution >= 4 is 5.91 Å². The topological polar surface area (TPSA) is 52.2 Å². The lowest BCUT2D eigenvalue weighted by Gasteiger charge is -2.50. The highest BCUT2D eigenvalue weighted by Crippen LogP contribution is 2.36. The number of H-pyrrole nitrogens is 1. The van der Waals surface area contributed by atoms with Crippen LogP contribution in [0.2, 0.25) is 0 Å². The molecular weight excluding hydrogens is 312 g/mol. The van der Waals surface area contributed by atoms with Gasteiger partial charge in [0.2, 0.25) is 5.91 Å². The zero-order valence-electron chi connectivity index (χ0n) is 15.8. The lowest BCUT2D eigenvalue weighted by Crippen LogP contribution is -2.58. The Balaban J connectivity index is 1.53. The van der Waals surface area contributed by atoms with Gasteiger partial charge < -0.3 is 4.90 Å². The van der Waals surface area contributed by atoms with Gasteiger partial charge in [-0.1, -0.05) is 25.7 Å². The van der Waals surface area contributed by atoms with E-state index < -0.39 is 0 Å². The Labute approximate surface area is 152 Å². The summed E-state index contributed by atoms with van der Waals surface area (Å²) in [5, 5.41) is 6.80. The molecule has 0 spiro atoms. The number of piperidine rings is 1. The van der Waals surface area contributed by atoms with Crippen LogP contribution in [0.15, 0.2) is 12.4 Å². The van der Waals surface area contributed by atoms with Crippen LogP contribution in [0.5, 0.6) is 0 Å². The smallest absolute Gasteiger partial charge is 0.222 e. The highest BCUT2D eigenvalue weighted by molar-refractivity contribution is 5.76. The SMILES string of the molecule is CN(CC1(N2CCCCC2)CCCCC1)C(=O)CCCc1cn[nH]c1. The van der Waals surface area contributed by atoms with Gasteiger partial charge in [0, 0.05) is 31.7 Å². The molecule has 2 heterocycles. The van der Waals surface area contributed by atoms with Gasteiger partial charge in [-0.15, -0.1) is 0 Å². The van der Waals surface area contributed by atoms with Gasteiger partial charge in [-0.2, -0.15) is 5.10 Å². The lowest BCUT2D eigenvalue weighted by atomic mass is 9.78. The Morgan fingerprint density at radius 2 is 1.92 bits per heavy atom. The second kappa shape index (κ2) is 8.84. The maximum absolute atomic E-state index is 12.7. The number of nitrogens with one attached hydrogen (secondary N) is 1. The van der Waals surface area contributed by atoms with E-state index in [1.165, 1.54) is 70.0 Å². The third-order valence-corrected chi connectivity index (χ3v) is 6.18. The van der Waals surface area contributed by atoms with Crippen LogP contribution < -0.4 is 0 Å². The molecule has 5 heteroatoms. The molecule has 1 aromatic rings. The zero-order valence-corrected chi connectivity index (χ0v) is 15.8. The van der Waals surface area contributed by atoms with Crippen molar-refractivity contribution in [2.24, 2.45) is 0 Å². The summed E-state index contributed by atoms with van der Waals surface area (Å²) in [6.07, 6.45) is 16.8. The molecule has 1 saturated heterocycles. The average molecular weight is 347 g/mol. The monoisotopic (exact) mass is 346 g/mol. The number of hydrogen-bond donors (Lipinski definition) is 1. The molecule has 140 valence electrons. The molecule has 0 aromatic carbocycles. The highest BCUT2D eigenvalue weighted by atomic mass is 16.2. The number of carbonyl (C=O) groups excluding carboxylic acids is 1. The van der Waals surface area contributed by atoms with Gasteiger partial charge in [-0.25, -0.2) is 0 Å². The molecule has 0 radical (unpaired) electrons. The minimum Gasteiger partial charge on any atom is -0.344 e. The van der Waals surface area contributed by atoms with E-state index in [1.54, 1.807) is 0 Å². The number of carbonyl (C=O) groups is 1. The summed E-state index contributed by atoms with van der Waals surface area (Å²) in [6, 6.07) is 0. The first-order chi connectivity index (χ1) is 12.2. The molecule has 1 aliphatic carbocycles. The fourth-order valence-corrected chi connectivity index (χ4v) is 4.73. The molecule has 1 saturated carbocycles. The first kappa shape index (κ1) is 18.4. The van der Waals surface area contributed by atoms with Crippen molar-refractivity contribution in [3.8, 4) is 0 Å². The van der Waals surface area contributed by atoms with Crippen LogP contribution in [0, 0.1) is 0 Å². The number of likely N-dealkylation sites (N-methyl/N-ethyl adjacent to an activating group) is 1. The fraction of sp³-hybridized carbons (Fsp3) is 0.800. The number of hydrogen-bond acceptors (Lipinski definition) is 3. The molecular formula is C20H34N4O. The largest absolute Gasteiger partial charge is 0.344 e. The van der Waals surface area contributed by atoms with Crippen LogP contribution in [0.4, 0.5) is 0 Å². The minimum absolute atomic E-state index is 0.244. The number of amides is 1. The average Bonchev–Trinajstić information content (AvgIpc) is 3.16. The fourth-order valence-electron chi connectivity index (χ4n) is 4.73. The van der Waals surface area contributed by atoms with Gasteiger partial charge >= 0.3 is 0 Å². The molecule has 3 rings (SSSR count). The summed E-state index contributed by atoms with van der Waals surface area (Å²) >= 11 is 0. The molecule has 1 aromatic heterocycles. The lowest BCUT2D eigenvalue weighted by molar-refractivity contribution is -0.132. The van der Waals surface area contributed by atoms with Crippen molar-refractivity contribution < 1.29 is 4.79 Å². The Morgan fingerprint density at radius 3 is 2.60 bits per heavy atom. The molecule has 0 atom stereocenters. The van der Waals surface area contributed by atoms with E-state index in [2.05, 4.69) is 15.1 Å².